The molecule has 2 N–H and O–H groups in total. The lowest BCUT2D eigenvalue weighted by atomic mass is 10.0. The van der Waals surface area contributed by atoms with E-state index in [1.165, 1.54) is 11.3 Å². The monoisotopic (exact) mass is 375 g/mol. The molecule has 0 bridgehead atoms. The Morgan fingerprint density at radius 3 is 2.46 bits per heavy atom. The molecule has 0 saturated carbocycles. The summed E-state index contributed by atoms with van der Waals surface area (Å²) >= 11 is 1.47. The number of carbonyl (C=O) groups is 1. The van der Waals surface area contributed by atoms with Crippen molar-refractivity contribution < 1.29 is 9.53 Å². The third-order valence-corrected chi connectivity index (χ3v) is 5.09. The average molecular weight is 376 g/mol. The second-order valence-electron chi connectivity index (χ2n) is 7.15. The van der Waals surface area contributed by atoms with Gasteiger partial charge in [0.05, 0.1) is 6.10 Å². The zero-order valence-corrected chi connectivity index (χ0v) is 17.0. The lowest BCUT2D eigenvalue weighted by Crippen LogP contribution is -2.34. The van der Waals surface area contributed by atoms with Crippen LogP contribution in [0.5, 0.6) is 5.75 Å². The second-order valence-corrected chi connectivity index (χ2v) is 8.01. The number of benzene rings is 1. The molecule has 0 spiro atoms. The summed E-state index contributed by atoms with van der Waals surface area (Å²) in [5.41, 5.74) is 7.53. The van der Waals surface area contributed by atoms with Crippen molar-refractivity contribution in [3.8, 4) is 16.3 Å². The van der Waals surface area contributed by atoms with Gasteiger partial charge in [-0.3, -0.25) is 4.79 Å². The molecule has 1 aromatic carbocycles. The molecule has 0 saturated heterocycles. The second kappa shape index (κ2) is 9.14. The molecule has 1 atom stereocenters. The van der Waals surface area contributed by atoms with Gasteiger partial charge in [-0.15, -0.1) is 11.3 Å². The topological polar surface area (TPSA) is 68.5 Å². The average Bonchev–Trinajstić information content (AvgIpc) is 3.08. The predicted octanol–water partition coefficient (Wildman–Crippen LogP) is 4.04. The number of amides is 1. The van der Waals surface area contributed by atoms with Gasteiger partial charge in [-0.2, -0.15) is 0 Å². The molecule has 0 aliphatic rings. The van der Waals surface area contributed by atoms with Crippen LogP contribution in [0.2, 0.25) is 0 Å². The number of hydrogen-bond acceptors (Lipinski definition) is 5. The Morgan fingerprint density at radius 1 is 1.23 bits per heavy atom. The molecule has 26 heavy (non-hydrogen) atoms. The van der Waals surface area contributed by atoms with Gasteiger partial charge in [-0.1, -0.05) is 13.8 Å². The van der Waals surface area contributed by atoms with E-state index in [1.54, 1.807) is 11.9 Å². The summed E-state index contributed by atoms with van der Waals surface area (Å²) in [5, 5.41) is 2.64. The predicted molar refractivity (Wildman–Crippen MR) is 108 cm³/mol. The fourth-order valence-corrected chi connectivity index (χ4v) is 3.23. The molecule has 1 aromatic heterocycles. The lowest BCUT2D eigenvalue weighted by molar-refractivity contribution is 0.0784. The van der Waals surface area contributed by atoms with Crippen LogP contribution in [0.15, 0.2) is 29.6 Å². The van der Waals surface area contributed by atoms with E-state index in [-0.39, 0.29) is 18.1 Å². The van der Waals surface area contributed by atoms with Gasteiger partial charge in [-0.05, 0) is 50.5 Å². The number of nitrogens with zero attached hydrogens (tertiary/aromatic N) is 2. The first kappa shape index (κ1) is 20.4. The van der Waals surface area contributed by atoms with E-state index in [0.29, 0.717) is 18.2 Å². The first-order chi connectivity index (χ1) is 12.3. The fourth-order valence-electron chi connectivity index (χ4n) is 2.43. The van der Waals surface area contributed by atoms with Crippen LogP contribution < -0.4 is 10.5 Å². The molecule has 6 heteroatoms. The number of rotatable bonds is 8. The summed E-state index contributed by atoms with van der Waals surface area (Å²) in [4.78, 5) is 18.8. The first-order valence-corrected chi connectivity index (χ1v) is 9.89. The molecule has 0 radical (unpaired) electrons. The van der Waals surface area contributed by atoms with E-state index >= 15 is 0 Å². The summed E-state index contributed by atoms with van der Waals surface area (Å²) in [7, 11) is 1.80. The van der Waals surface area contributed by atoms with E-state index in [4.69, 9.17) is 10.5 Å². The number of aromatic nitrogens is 1. The highest BCUT2D eigenvalue weighted by atomic mass is 32.1. The van der Waals surface area contributed by atoms with Gasteiger partial charge in [-0.25, -0.2) is 4.98 Å². The molecule has 0 aliphatic heterocycles. The number of hydrogen-bond donors (Lipinski definition) is 1. The summed E-state index contributed by atoms with van der Waals surface area (Å²) in [5.74, 6) is 1.17. The first-order valence-electron chi connectivity index (χ1n) is 9.01. The minimum absolute atomic E-state index is 0.0665. The molecule has 5 nitrogen and oxygen atoms in total. The minimum atomic E-state index is -0.0665. The van der Waals surface area contributed by atoms with Crippen molar-refractivity contribution in [3.63, 3.8) is 0 Å². The maximum absolute atomic E-state index is 12.6. The van der Waals surface area contributed by atoms with Gasteiger partial charge in [0.15, 0.2) is 0 Å². The zero-order valence-electron chi connectivity index (χ0n) is 16.2. The van der Waals surface area contributed by atoms with Crippen LogP contribution in [0.25, 0.3) is 10.6 Å². The quantitative estimate of drug-likeness (QED) is 0.756. The van der Waals surface area contributed by atoms with Gasteiger partial charge in [0.1, 0.15) is 16.5 Å². The molecule has 1 unspecified atom stereocenters. The van der Waals surface area contributed by atoms with Crippen LogP contribution >= 0.6 is 11.3 Å². The summed E-state index contributed by atoms with van der Waals surface area (Å²) in [6, 6.07) is 7.89. The van der Waals surface area contributed by atoms with Gasteiger partial charge in [0.2, 0.25) is 0 Å². The normalized spacial score (nSPS) is 12.5. The Balaban J connectivity index is 2.00. The molecule has 1 amide bonds. The molecule has 142 valence electrons. The molecule has 2 aromatic rings. The SMILES string of the molecule is CC(C)Oc1ccc(-c2nc(C(=O)N(C)CCC(N)C(C)C)cs2)cc1. The van der Waals surface area contributed by atoms with Crippen molar-refractivity contribution in [2.24, 2.45) is 11.7 Å². The van der Waals surface area contributed by atoms with Crippen molar-refractivity contribution >= 4 is 17.2 Å². The highest BCUT2D eigenvalue weighted by Gasteiger charge is 2.17. The van der Waals surface area contributed by atoms with Crippen molar-refractivity contribution in [3.05, 3.63) is 35.3 Å². The van der Waals surface area contributed by atoms with Gasteiger partial charge < -0.3 is 15.4 Å². The number of ether oxygens (including phenoxy) is 1. The van der Waals surface area contributed by atoms with Crippen LogP contribution in [0.3, 0.4) is 0 Å². The maximum Gasteiger partial charge on any atom is 0.273 e. The number of nitrogens with two attached hydrogens (primary N) is 1. The lowest BCUT2D eigenvalue weighted by Gasteiger charge is -2.20. The van der Waals surface area contributed by atoms with E-state index in [2.05, 4.69) is 18.8 Å². The largest absolute Gasteiger partial charge is 0.491 e. The zero-order chi connectivity index (χ0) is 19.3. The summed E-state index contributed by atoms with van der Waals surface area (Å²) in [6.45, 7) is 8.81. The maximum atomic E-state index is 12.6. The van der Waals surface area contributed by atoms with Gasteiger partial charge >= 0.3 is 0 Å². The van der Waals surface area contributed by atoms with Crippen LogP contribution in [-0.4, -0.2) is 41.5 Å². The molecular weight excluding hydrogens is 346 g/mol. The Bertz CT molecular complexity index is 710. The highest BCUT2D eigenvalue weighted by Crippen LogP contribution is 2.26. The van der Waals surface area contributed by atoms with Crippen LogP contribution in [0, 0.1) is 5.92 Å². The van der Waals surface area contributed by atoms with Crippen LogP contribution in [0.4, 0.5) is 0 Å². The third kappa shape index (κ3) is 5.54. The smallest absolute Gasteiger partial charge is 0.273 e. The Labute approximate surface area is 160 Å². The fraction of sp³-hybridized carbons (Fsp3) is 0.500. The van der Waals surface area contributed by atoms with E-state index in [0.717, 1.165) is 22.7 Å². The van der Waals surface area contributed by atoms with Crippen molar-refractivity contribution in [1.82, 2.24) is 9.88 Å². The summed E-state index contributed by atoms with van der Waals surface area (Å²) < 4.78 is 5.65. The molecule has 1 heterocycles. The Kier molecular flexibility index (Phi) is 7.17. The third-order valence-electron chi connectivity index (χ3n) is 4.20. The molecule has 0 aliphatic carbocycles. The highest BCUT2D eigenvalue weighted by molar-refractivity contribution is 7.13. The van der Waals surface area contributed by atoms with Crippen LogP contribution in [0.1, 0.15) is 44.6 Å². The van der Waals surface area contributed by atoms with Crippen molar-refractivity contribution in [2.75, 3.05) is 13.6 Å². The Hall–Kier alpha value is -1.92. The van der Waals surface area contributed by atoms with E-state index in [1.807, 2.05) is 43.5 Å². The van der Waals surface area contributed by atoms with Crippen molar-refractivity contribution in [1.29, 1.82) is 0 Å². The van der Waals surface area contributed by atoms with Crippen molar-refractivity contribution in [2.45, 2.75) is 46.3 Å². The number of thiazole rings is 1. The summed E-state index contributed by atoms with van der Waals surface area (Å²) in [6.07, 6.45) is 0.929. The molecular formula is C20H29N3O2S. The van der Waals surface area contributed by atoms with E-state index in [9.17, 15) is 4.79 Å². The molecule has 0 fully saturated rings. The number of carbonyl (C=O) groups excluding carboxylic acids is 1. The Morgan fingerprint density at radius 2 is 1.88 bits per heavy atom. The van der Waals surface area contributed by atoms with Gasteiger partial charge in [0.25, 0.3) is 5.91 Å². The standard InChI is InChI=1S/C20H29N3O2S/c1-13(2)17(21)10-11-23(5)20(24)18-12-26-19(22-18)15-6-8-16(9-7-15)25-14(3)4/h6-9,12-14,17H,10-11,21H2,1-5H3. The van der Waals surface area contributed by atoms with E-state index < -0.39 is 0 Å². The van der Waals surface area contributed by atoms with Gasteiger partial charge in [0, 0.05) is 30.6 Å². The molecule has 2 rings (SSSR count). The van der Waals surface area contributed by atoms with Crippen LogP contribution in [-0.2, 0) is 0 Å². The minimum Gasteiger partial charge on any atom is -0.491 e.